The van der Waals surface area contributed by atoms with Gasteiger partial charge in [0.15, 0.2) is 11.9 Å². The number of nitro benzene ring substituents is 1. The summed E-state index contributed by atoms with van der Waals surface area (Å²) in [6.07, 6.45) is 1.08. The van der Waals surface area contributed by atoms with Gasteiger partial charge in [0.2, 0.25) is 0 Å². The number of piperidine rings is 1. The zero-order valence-corrected chi connectivity index (χ0v) is 14.2. The number of carbonyl (C=O) groups excluding carboxylic acids is 1. The van der Waals surface area contributed by atoms with Gasteiger partial charge in [-0.1, -0.05) is 11.6 Å². The van der Waals surface area contributed by atoms with Crippen LogP contribution in [-0.2, 0) is 4.79 Å². The van der Waals surface area contributed by atoms with Crippen molar-refractivity contribution in [2.24, 2.45) is 0 Å². The molecule has 0 radical (unpaired) electrons. The molecule has 0 aromatic heterocycles. The lowest BCUT2D eigenvalue weighted by Gasteiger charge is -2.25. The minimum absolute atomic E-state index is 0. The van der Waals surface area contributed by atoms with Crippen LogP contribution in [-0.4, -0.2) is 36.1 Å². The number of hydrogen-bond donors (Lipinski definition) is 2. The number of nitrogens with zero attached hydrogens (tertiary/aromatic N) is 1. The first kappa shape index (κ1) is 19.5. The van der Waals surface area contributed by atoms with Gasteiger partial charge in [-0.15, -0.1) is 12.4 Å². The first-order chi connectivity index (χ1) is 10.5. The molecule has 1 amide bonds. The molecule has 1 aromatic carbocycles. The van der Waals surface area contributed by atoms with Crippen molar-refractivity contribution in [1.29, 1.82) is 0 Å². The van der Waals surface area contributed by atoms with Gasteiger partial charge in [0, 0.05) is 23.7 Å². The van der Waals surface area contributed by atoms with Crippen molar-refractivity contribution >= 4 is 35.6 Å². The highest BCUT2D eigenvalue weighted by Crippen LogP contribution is 2.30. The lowest BCUT2D eigenvalue weighted by molar-refractivity contribution is -0.386. The molecule has 1 aliphatic rings. The quantitative estimate of drug-likeness (QED) is 0.618. The number of ether oxygens (including phenoxy) is 1. The lowest BCUT2D eigenvalue weighted by atomic mass is 10.1. The maximum absolute atomic E-state index is 12.1. The molecule has 0 saturated carbocycles. The topological polar surface area (TPSA) is 93.5 Å². The van der Waals surface area contributed by atoms with Crippen molar-refractivity contribution in [1.82, 2.24) is 10.6 Å². The number of amides is 1. The molecule has 7 nitrogen and oxygen atoms in total. The van der Waals surface area contributed by atoms with Crippen LogP contribution in [0.5, 0.6) is 5.75 Å². The van der Waals surface area contributed by atoms with Crippen molar-refractivity contribution in [3.63, 3.8) is 0 Å². The van der Waals surface area contributed by atoms with E-state index < -0.39 is 11.0 Å². The minimum Gasteiger partial charge on any atom is -0.474 e. The van der Waals surface area contributed by atoms with Crippen molar-refractivity contribution in [3.8, 4) is 5.75 Å². The molecule has 1 saturated heterocycles. The standard InChI is InChI=1S/C14H18ClN3O4.ClH/c1-9(14(19)17-11-3-2-6-16-8-11)22-13-5-4-10(15)7-12(13)18(20)21;/h4-5,7,9,11,16H,2-3,6,8H2,1H3,(H,17,19);1H/t9?,11-;/m0./s1. The van der Waals surface area contributed by atoms with Gasteiger partial charge in [-0.2, -0.15) is 0 Å². The summed E-state index contributed by atoms with van der Waals surface area (Å²) in [6, 6.07) is 4.14. The minimum atomic E-state index is -0.832. The van der Waals surface area contributed by atoms with Gasteiger partial charge in [0.1, 0.15) is 0 Å². The number of nitrogens with one attached hydrogen (secondary N) is 2. The maximum atomic E-state index is 12.1. The van der Waals surface area contributed by atoms with Gasteiger partial charge in [0.05, 0.1) is 4.92 Å². The molecule has 1 unspecified atom stereocenters. The van der Waals surface area contributed by atoms with Crippen LogP contribution in [0.4, 0.5) is 5.69 Å². The van der Waals surface area contributed by atoms with Crippen LogP contribution in [0.1, 0.15) is 19.8 Å². The molecular weight excluding hydrogens is 345 g/mol. The lowest BCUT2D eigenvalue weighted by Crippen LogP contribution is -2.49. The van der Waals surface area contributed by atoms with Gasteiger partial charge in [0.25, 0.3) is 5.91 Å². The second-order valence-electron chi connectivity index (χ2n) is 5.18. The average Bonchev–Trinajstić information content (AvgIpc) is 2.49. The third kappa shape index (κ3) is 5.53. The van der Waals surface area contributed by atoms with Crippen LogP contribution in [0, 0.1) is 10.1 Å². The fraction of sp³-hybridized carbons (Fsp3) is 0.500. The second kappa shape index (κ2) is 8.90. The maximum Gasteiger partial charge on any atom is 0.312 e. The van der Waals surface area contributed by atoms with E-state index in [2.05, 4.69) is 10.6 Å². The largest absolute Gasteiger partial charge is 0.474 e. The summed E-state index contributed by atoms with van der Waals surface area (Å²) < 4.78 is 5.43. The number of halogens is 2. The summed E-state index contributed by atoms with van der Waals surface area (Å²) in [7, 11) is 0. The van der Waals surface area contributed by atoms with E-state index in [0.29, 0.717) is 0 Å². The first-order valence-electron chi connectivity index (χ1n) is 7.09. The number of hydrogen-bond acceptors (Lipinski definition) is 5. The number of benzene rings is 1. The van der Waals surface area contributed by atoms with Crippen molar-refractivity contribution in [3.05, 3.63) is 33.3 Å². The van der Waals surface area contributed by atoms with Crippen molar-refractivity contribution < 1.29 is 14.5 Å². The van der Waals surface area contributed by atoms with Crippen LogP contribution in [0.2, 0.25) is 5.02 Å². The fourth-order valence-electron chi connectivity index (χ4n) is 2.27. The van der Waals surface area contributed by atoms with Gasteiger partial charge in [-0.3, -0.25) is 14.9 Å². The van der Waals surface area contributed by atoms with Crippen molar-refractivity contribution in [2.75, 3.05) is 13.1 Å². The molecule has 1 aliphatic heterocycles. The molecular formula is C14H19Cl2N3O4. The molecule has 2 atom stereocenters. The van der Waals surface area contributed by atoms with E-state index in [9.17, 15) is 14.9 Å². The Morgan fingerprint density at radius 1 is 1.57 bits per heavy atom. The Bertz CT molecular complexity index is 565. The third-order valence-electron chi connectivity index (χ3n) is 3.43. The van der Waals surface area contributed by atoms with Gasteiger partial charge in [-0.05, 0) is 38.4 Å². The van der Waals surface area contributed by atoms with Crippen LogP contribution in [0.15, 0.2) is 18.2 Å². The molecule has 1 fully saturated rings. The smallest absolute Gasteiger partial charge is 0.312 e. The van der Waals surface area contributed by atoms with E-state index in [-0.39, 0.29) is 40.8 Å². The number of rotatable bonds is 5. The Morgan fingerprint density at radius 2 is 2.30 bits per heavy atom. The number of carbonyl (C=O) groups is 1. The molecule has 2 N–H and O–H groups in total. The van der Waals surface area contributed by atoms with Crippen molar-refractivity contribution in [2.45, 2.75) is 31.9 Å². The Balaban J connectivity index is 0.00000264. The first-order valence-corrected chi connectivity index (χ1v) is 7.47. The summed E-state index contributed by atoms with van der Waals surface area (Å²) in [4.78, 5) is 22.5. The van der Waals surface area contributed by atoms with Crippen LogP contribution < -0.4 is 15.4 Å². The summed E-state index contributed by atoms with van der Waals surface area (Å²) in [6.45, 7) is 3.23. The van der Waals surface area contributed by atoms with E-state index in [4.69, 9.17) is 16.3 Å². The Kier molecular flexibility index (Phi) is 7.54. The third-order valence-corrected chi connectivity index (χ3v) is 3.67. The predicted molar refractivity (Wildman–Crippen MR) is 89.5 cm³/mol. The predicted octanol–water partition coefficient (Wildman–Crippen LogP) is 2.31. The molecule has 2 rings (SSSR count). The Labute approximate surface area is 145 Å². The Hall–Kier alpha value is -1.57. The molecule has 23 heavy (non-hydrogen) atoms. The highest BCUT2D eigenvalue weighted by Gasteiger charge is 2.24. The molecule has 9 heteroatoms. The zero-order chi connectivity index (χ0) is 16.1. The molecule has 1 heterocycles. The average molecular weight is 364 g/mol. The summed E-state index contributed by atoms with van der Waals surface area (Å²) in [5.41, 5.74) is -0.258. The second-order valence-corrected chi connectivity index (χ2v) is 5.62. The normalized spacial score (nSPS) is 18.4. The van der Waals surface area contributed by atoms with E-state index >= 15 is 0 Å². The SMILES string of the molecule is CC(Oc1ccc(Cl)cc1[N+](=O)[O-])C(=O)N[C@H]1CCCNC1.Cl. The van der Waals surface area contributed by atoms with E-state index in [1.54, 1.807) is 6.92 Å². The summed E-state index contributed by atoms with van der Waals surface area (Å²) in [5.74, 6) is -0.267. The monoisotopic (exact) mass is 363 g/mol. The van der Waals surface area contributed by atoms with Gasteiger partial charge < -0.3 is 15.4 Å². The molecule has 128 valence electrons. The Morgan fingerprint density at radius 3 is 2.91 bits per heavy atom. The van der Waals surface area contributed by atoms with E-state index in [1.807, 2.05) is 0 Å². The zero-order valence-electron chi connectivity index (χ0n) is 12.6. The molecule has 0 spiro atoms. The number of nitro groups is 1. The molecule has 0 aliphatic carbocycles. The summed E-state index contributed by atoms with van der Waals surface area (Å²) >= 11 is 5.74. The van der Waals surface area contributed by atoms with Crippen LogP contribution >= 0.6 is 24.0 Å². The van der Waals surface area contributed by atoms with Gasteiger partial charge >= 0.3 is 5.69 Å². The van der Waals surface area contributed by atoms with Crippen LogP contribution in [0.25, 0.3) is 0 Å². The molecule has 1 aromatic rings. The fourth-order valence-corrected chi connectivity index (χ4v) is 2.44. The van der Waals surface area contributed by atoms with E-state index in [0.717, 1.165) is 25.9 Å². The molecule has 0 bridgehead atoms. The van der Waals surface area contributed by atoms with Crippen LogP contribution in [0.3, 0.4) is 0 Å². The summed E-state index contributed by atoms with van der Waals surface area (Å²) in [5, 5.41) is 17.3. The highest BCUT2D eigenvalue weighted by atomic mass is 35.5. The highest BCUT2D eigenvalue weighted by molar-refractivity contribution is 6.30. The van der Waals surface area contributed by atoms with E-state index in [1.165, 1.54) is 18.2 Å². The van der Waals surface area contributed by atoms with Gasteiger partial charge in [-0.25, -0.2) is 0 Å².